The summed E-state index contributed by atoms with van der Waals surface area (Å²) in [6, 6.07) is 18.7. The fourth-order valence-corrected chi connectivity index (χ4v) is 3.78. The number of piperidine rings is 1. The van der Waals surface area contributed by atoms with E-state index in [4.69, 9.17) is 5.26 Å². The van der Waals surface area contributed by atoms with Crippen LogP contribution in [0.2, 0.25) is 0 Å². The van der Waals surface area contributed by atoms with E-state index in [1.165, 1.54) is 34.9 Å². The summed E-state index contributed by atoms with van der Waals surface area (Å²) in [5.41, 5.74) is 4.74. The van der Waals surface area contributed by atoms with Gasteiger partial charge in [0.15, 0.2) is 0 Å². The van der Waals surface area contributed by atoms with Crippen molar-refractivity contribution in [3.05, 3.63) is 71.4 Å². The molecule has 3 heteroatoms. The van der Waals surface area contributed by atoms with E-state index in [9.17, 15) is 0 Å². The first-order valence-corrected chi connectivity index (χ1v) is 8.61. The van der Waals surface area contributed by atoms with E-state index in [-0.39, 0.29) is 0 Å². The summed E-state index contributed by atoms with van der Waals surface area (Å²) in [7, 11) is 0. The van der Waals surface area contributed by atoms with Gasteiger partial charge in [-0.2, -0.15) is 5.26 Å². The Balaban J connectivity index is 1.40. The van der Waals surface area contributed by atoms with Crippen molar-refractivity contribution in [2.24, 2.45) is 0 Å². The highest BCUT2D eigenvalue weighted by atomic mass is 15.1. The highest BCUT2D eigenvalue weighted by Crippen LogP contribution is 2.33. The smallest absolute Gasteiger partial charge is 0.0991 e. The van der Waals surface area contributed by atoms with E-state index < -0.39 is 0 Å². The van der Waals surface area contributed by atoms with E-state index in [1.807, 2.05) is 12.1 Å². The molecule has 0 bridgehead atoms. The van der Waals surface area contributed by atoms with Crippen molar-refractivity contribution < 1.29 is 0 Å². The summed E-state index contributed by atoms with van der Waals surface area (Å²) in [6.07, 6.45) is 4.61. The van der Waals surface area contributed by atoms with Crippen molar-refractivity contribution in [2.75, 3.05) is 13.1 Å². The Labute approximate surface area is 142 Å². The Morgan fingerprint density at radius 2 is 1.79 bits per heavy atom. The number of nitrogens with one attached hydrogen (secondary N) is 1. The zero-order chi connectivity index (χ0) is 16.4. The number of aromatic nitrogens is 1. The molecule has 1 aromatic heterocycles. The second-order valence-corrected chi connectivity index (χ2v) is 6.65. The van der Waals surface area contributed by atoms with Crippen LogP contribution in [0.5, 0.6) is 0 Å². The van der Waals surface area contributed by atoms with Gasteiger partial charge in [-0.1, -0.05) is 30.3 Å². The number of hydrogen-bond donors (Lipinski definition) is 1. The van der Waals surface area contributed by atoms with Crippen LogP contribution in [0.15, 0.2) is 54.7 Å². The van der Waals surface area contributed by atoms with E-state index in [0.29, 0.717) is 5.92 Å². The van der Waals surface area contributed by atoms with E-state index >= 15 is 0 Å². The van der Waals surface area contributed by atoms with Crippen LogP contribution >= 0.6 is 0 Å². The normalized spacial score (nSPS) is 16.3. The Morgan fingerprint density at radius 3 is 2.54 bits per heavy atom. The lowest BCUT2D eigenvalue weighted by Gasteiger charge is -2.32. The average molecular weight is 315 g/mol. The summed E-state index contributed by atoms with van der Waals surface area (Å²) < 4.78 is 0. The first-order chi connectivity index (χ1) is 11.8. The lowest BCUT2D eigenvalue weighted by molar-refractivity contribution is 0.205. The number of likely N-dealkylation sites (tertiary alicyclic amines) is 1. The van der Waals surface area contributed by atoms with Crippen molar-refractivity contribution in [3.63, 3.8) is 0 Å². The van der Waals surface area contributed by atoms with E-state index in [1.54, 1.807) is 0 Å². The molecule has 0 saturated carbocycles. The number of aromatic amines is 1. The van der Waals surface area contributed by atoms with Gasteiger partial charge < -0.3 is 4.98 Å². The van der Waals surface area contributed by atoms with Gasteiger partial charge in [-0.25, -0.2) is 0 Å². The molecular formula is C21H21N3. The number of nitriles is 1. The van der Waals surface area contributed by atoms with Crippen LogP contribution in [-0.2, 0) is 6.54 Å². The third kappa shape index (κ3) is 2.93. The predicted octanol–water partition coefficient (Wildman–Crippen LogP) is 4.42. The molecule has 0 unspecified atom stereocenters. The lowest BCUT2D eigenvalue weighted by Crippen LogP contribution is -2.32. The molecule has 0 atom stereocenters. The van der Waals surface area contributed by atoms with E-state index in [2.05, 4.69) is 58.5 Å². The number of hydrogen-bond acceptors (Lipinski definition) is 2. The van der Waals surface area contributed by atoms with Crippen LogP contribution in [0, 0.1) is 11.3 Å². The van der Waals surface area contributed by atoms with Gasteiger partial charge in [0.1, 0.15) is 0 Å². The molecule has 2 heterocycles. The van der Waals surface area contributed by atoms with Crippen LogP contribution in [-0.4, -0.2) is 23.0 Å². The lowest BCUT2D eigenvalue weighted by atomic mass is 9.89. The molecular weight excluding hydrogens is 294 g/mol. The van der Waals surface area contributed by atoms with Crippen molar-refractivity contribution in [3.8, 4) is 6.07 Å². The van der Waals surface area contributed by atoms with Crippen molar-refractivity contribution >= 4 is 10.9 Å². The maximum atomic E-state index is 8.88. The Bertz CT molecular complexity index is 862. The third-order valence-electron chi connectivity index (χ3n) is 5.14. The Morgan fingerprint density at radius 1 is 1.04 bits per heavy atom. The summed E-state index contributed by atoms with van der Waals surface area (Å²) >= 11 is 0. The van der Waals surface area contributed by atoms with Gasteiger partial charge in [0.05, 0.1) is 11.6 Å². The van der Waals surface area contributed by atoms with Gasteiger partial charge in [-0.3, -0.25) is 4.90 Å². The van der Waals surface area contributed by atoms with Gasteiger partial charge in [0.2, 0.25) is 0 Å². The van der Waals surface area contributed by atoms with Gasteiger partial charge in [-0.15, -0.1) is 0 Å². The van der Waals surface area contributed by atoms with Gasteiger partial charge in [0.25, 0.3) is 0 Å². The molecule has 0 amide bonds. The van der Waals surface area contributed by atoms with Crippen LogP contribution < -0.4 is 0 Å². The number of H-pyrrole nitrogens is 1. The minimum Gasteiger partial charge on any atom is -0.361 e. The Hall–Kier alpha value is -2.57. The van der Waals surface area contributed by atoms with Gasteiger partial charge >= 0.3 is 0 Å². The average Bonchev–Trinajstić information content (AvgIpc) is 3.07. The van der Waals surface area contributed by atoms with Gasteiger partial charge in [0, 0.05) is 23.6 Å². The molecule has 1 aliphatic rings. The topological polar surface area (TPSA) is 42.8 Å². The maximum absolute atomic E-state index is 8.88. The molecule has 0 aliphatic carbocycles. The maximum Gasteiger partial charge on any atom is 0.0991 e. The van der Waals surface area contributed by atoms with Crippen LogP contribution in [0.25, 0.3) is 10.9 Å². The molecule has 24 heavy (non-hydrogen) atoms. The summed E-state index contributed by atoms with van der Waals surface area (Å²) in [6.45, 7) is 3.24. The highest BCUT2D eigenvalue weighted by Gasteiger charge is 2.22. The fraction of sp³-hybridized carbons (Fsp3) is 0.286. The molecule has 2 aromatic carbocycles. The van der Waals surface area contributed by atoms with Crippen LogP contribution in [0.4, 0.5) is 0 Å². The molecule has 1 N–H and O–H groups in total. The zero-order valence-electron chi connectivity index (χ0n) is 13.7. The van der Waals surface area contributed by atoms with E-state index in [0.717, 1.165) is 25.2 Å². The number of rotatable bonds is 3. The van der Waals surface area contributed by atoms with Crippen LogP contribution in [0.1, 0.15) is 35.4 Å². The third-order valence-corrected chi connectivity index (χ3v) is 5.14. The van der Waals surface area contributed by atoms with Crippen molar-refractivity contribution in [2.45, 2.75) is 25.3 Å². The highest BCUT2D eigenvalue weighted by molar-refractivity contribution is 5.83. The number of nitrogens with zero attached hydrogens (tertiary/aromatic N) is 2. The molecule has 1 saturated heterocycles. The second-order valence-electron chi connectivity index (χ2n) is 6.65. The number of fused-ring (bicyclic) bond motifs is 1. The molecule has 0 spiro atoms. The molecule has 1 aliphatic heterocycles. The zero-order valence-corrected chi connectivity index (χ0v) is 13.7. The second kappa shape index (κ2) is 6.51. The monoisotopic (exact) mass is 315 g/mol. The first-order valence-electron chi connectivity index (χ1n) is 8.61. The molecule has 0 radical (unpaired) electrons. The number of benzene rings is 2. The quantitative estimate of drug-likeness (QED) is 0.777. The molecule has 1 fully saturated rings. The Kier molecular flexibility index (Phi) is 4.06. The molecule has 4 rings (SSSR count). The largest absolute Gasteiger partial charge is 0.361 e. The first kappa shape index (κ1) is 15.0. The van der Waals surface area contributed by atoms with Crippen molar-refractivity contribution in [1.82, 2.24) is 9.88 Å². The fourth-order valence-electron chi connectivity index (χ4n) is 3.78. The summed E-state index contributed by atoms with van der Waals surface area (Å²) in [4.78, 5) is 5.93. The minimum atomic E-state index is 0.651. The minimum absolute atomic E-state index is 0.651. The standard InChI is InChI=1S/C21H21N3/c22-13-16-5-7-17(8-6-16)15-24-11-9-18(10-12-24)20-14-23-21-4-2-1-3-19(20)21/h1-8,14,18,23H,9-12,15H2. The number of para-hydroxylation sites is 1. The van der Waals surface area contributed by atoms with Crippen molar-refractivity contribution in [1.29, 1.82) is 5.26 Å². The molecule has 3 aromatic rings. The predicted molar refractivity (Wildman–Crippen MR) is 96.7 cm³/mol. The summed E-state index contributed by atoms with van der Waals surface area (Å²) in [5.74, 6) is 0.651. The van der Waals surface area contributed by atoms with Gasteiger partial charge in [-0.05, 0) is 61.2 Å². The van der Waals surface area contributed by atoms with Crippen LogP contribution in [0.3, 0.4) is 0 Å². The summed E-state index contributed by atoms with van der Waals surface area (Å²) in [5, 5.41) is 10.3. The SMILES string of the molecule is N#Cc1ccc(CN2CCC(c3c[nH]c4ccccc34)CC2)cc1. The molecule has 120 valence electrons. The molecule has 3 nitrogen and oxygen atoms in total.